The Morgan fingerprint density at radius 2 is 2.33 bits per heavy atom. The largest absolute Gasteiger partial charge is 0.368 e. The van der Waals surface area contributed by atoms with Crippen molar-refractivity contribution >= 4 is 33.0 Å². The predicted octanol–water partition coefficient (Wildman–Crippen LogP) is 3.55. The van der Waals surface area contributed by atoms with Crippen LogP contribution in [0, 0.1) is 11.3 Å². The van der Waals surface area contributed by atoms with Gasteiger partial charge in [-0.25, -0.2) is 4.98 Å². The van der Waals surface area contributed by atoms with E-state index >= 15 is 0 Å². The van der Waals surface area contributed by atoms with Gasteiger partial charge < -0.3 is 4.90 Å². The summed E-state index contributed by atoms with van der Waals surface area (Å²) in [7, 11) is 1.98. The fourth-order valence-electron chi connectivity index (χ4n) is 1.73. The van der Waals surface area contributed by atoms with Crippen molar-refractivity contribution in [2.45, 2.75) is 11.9 Å². The first kappa shape index (κ1) is 13.1. The van der Waals surface area contributed by atoms with Crippen molar-refractivity contribution < 1.29 is 0 Å². The minimum absolute atomic E-state index is 0.699. The van der Waals surface area contributed by atoms with Gasteiger partial charge >= 0.3 is 0 Å². The molecule has 92 valence electrons. The van der Waals surface area contributed by atoms with Gasteiger partial charge in [0.25, 0.3) is 0 Å². The molecule has 2 rings (SSSR count). The van der Waals surface area contributed by atoms with Gasteiger partial charge in [0.2, 0.25) is 0 Å². The van der Waals surface area contributed by atoms with Crippen LogP contribution in [0.5, 0.6) is 0 Å². The van der Waals surface area contributed by atoms with Crippen molar-refractivity contribution in [3.8, 4) is 6.07 Å². The van der Waals surface area contributed by atoms with E-state index in [1.165, 1.54) is 0 Å². The molecule has 0 spiro atoms. The predicted molar refractivity (Wildman–Crippen MR) is 78.0 cm³/mol. The molecular weight excluding hydrogens is 310 g/mol. The summed E-state index contributed by atoms with van der Waals surface area (Å²) in [6.45, 7) is 0.714. The van der Waals surface area contributed by atoms with Crippen molar-refractivity contribution in [3.63, 3.8) is 0 Å². The quantitative estimate of drug-likeness (QED) is 0.808. The molecule has 0 aliphatic carbocycles. The van der Waals surface area contributed by atoms with Crippen LogP contribution >= 0.6 is 27.3 Å². The first-order chi connectivity index (χ1) is 8.74. The fourth-order valence-corrected chi connectivity index (χ4v) is 2.63. The molecule has 0 radical (unpaired) electrons. The van der Waals surface area contributed by atoms with Gasteiger partial charge in [0.1, 0.15) is 6.07 Å². The topological polar surface area (TPSA) is 39.9 Å². The number of nitriles is 1. The molecule has 0 bridgehead atoms. The van der Waals surface area contributed by atoms with Crippen LogP contribution in [0.25, 0.3) is 0 Å². The van der Waals surface area contributed by atoms with E-state index in [4.69, 9.17) is 0 Å². The second kappa shape index (κ2) is 5.98. The molecule has 0 N–H and O–H groups in total. The highest BCUT2D eigenvalue weighted by Gasteiger charge is 2.09. The average molecular weight is 322 g/mol. The number of benzene rings is 1. The van der Waals surface area contributed by atoms with Gasteiger partial charge in [-0.05, 0) is 17.7 Å². The van der Waals surface area contributed by atoms with Gasteiger partial charge in [0.15, 0.2) is 0 Å². The van der Waals surface area contributed by atoms with E-state index in [0.717, 1.165) is 22.3 Å². The lowest BCUT2D eigenvalue weighted by atomic mass is 10.1. The van der Waals surface area contributed by atoms with Crippen LogP contribution in [0.1, 0.15) is 16.8 Å². The Hall–Kier alpha value is -1.38. The number of aromatic nitrogens is 1. The molecule has 1 aromatic heterocycles. The standard InChI is InChI=1S/C13H12BrN3S/c1-17(7-12-8-18-9-16-12)13-3-2-10(5-14)4-11(13)6-15/h2-4,8-9H,5,7H2,1H3. The summed E-state index contributed by atoms with van der Waals surface area (Å²) >= 11 is 4.98. The highest BCUT2D eigenvalue weighted by molar-refractivity contribution is 9.08. The number of nitrogens with zero attached hydrogens (tertiary/aromatic N) is 3. The van der Waals surface area contributed by atoms with Crippen molar-refractivity contribution in [1.82, 2.24) is 4.98 Å². The number of thiazole rings is 1. The molecule has 3 nitrogen and oxygen atoms in total. The van der Waals surface area contributed by atoms with Crippen LogP contribution in [-0.2, 0) is 11.9 Å². The highest BCUT2D eigenvalue weighted by Crippen LogP contribution is 2.23. The second-order valence-electron chi connectivity index (χ2n) is 3.93. The third-order valence-electron chi connectivity index (χ3n) is 2.63. The van der Waals surface area contributed by atoms with E-state index in [0.29, 0.717) is 12.1 Å². The van der Waals surface area contributed by atoms with Crippen LogP contribution in [-0.4, -0.2) is 12.0 Å². The minimum Gasteiger partial charge on any atom is -0.368 e. The number of rotatable bonds is 4. The third kappa shape index (κ3) is 2.89. The van der Waals surface area contributed by atoms with Crippen LogP contribution in [0.4, 0.5) is 5.69 Å². The Labute approximate surface area is 119 Å². The maximum atomic E-state index is 9.21. The second-order valence-corrected chi connectivity index (χ2v) is 5.21. The van der Waals surface area contributed by atoms with Crippen molar-refractivity contribution in [3.05, 3.63) is 45.9 Å². The van der Waals surface area contributed by atoms with Gasteiger partial charge in [-0.1, -0.05) is 22.0 Å². The SMILES string of the molecule is CN(Cc1cscn1)c1ccc(CBr)cc1C#N. The van der Waals surface area contributed by atoms with Gasteiger partial charge in [-0.3, -0.25) is 0 Å². The van der Waals surface area contributed by atoms with E-state index < -0.39 is 0 Å². The molecule has 0 saturated heterocycles. The van der Waals surface area contributed by atoms with Crippen LogP contribution in [0.3, 0.4) is 0 Å². The molecule has 0 aliphatic rings. The summed E-state index contributed by atoms with van der Waals surface area (Å²) < 4.78 is 0. The number of anilines is 1. The van der Waals surface area contributed by atoms with Crippen LogP contribution in [0.2, 0.25) is 0 Å². The van der Waals surface area contributed by atoms with Crippen LogP contribution < -0.4 is 4.90 Å². The lowest BCUT2D eigenvalue weighted by Crippen LogP contribution is -2.17. The zero-order valence-electron chi connectivity index (χ0n) is 9.93. The Kier molecular flexibility index (Phi) is 4.34. The minimum atomic E-state index is 0.699. The summed E-state index contributed by atoms with van der Waals surface area (Å²) in [6, 6.07) is 8.19. The molecular formula is C13H12BrN3S. The maximum Gasteiger partial charge on any atom is 0.101 e. The van der Waals surface area contributed by atoms with Gasteiger partial charge in [-0.2, -0.15) is 5.26 Å². The molecule has 0 unspecified atom stereocenters. The Balaban J connectivity index is 2.24. The molecule has 1 heterocycles. The summed E-state index contributed by atoms with van der Waals surface area (Å²) in [4.78, 5) is 6.30. The number of hydrogen-bond acceptors (Lipinski definition) is 4. The highest BCUT2D eigenvalue weighted by atomic mass is 79.9. The van der Waals surface area contributed by atoms with E-state index in [9.17, 15) is 5.26 Å². The molecule has 18 heavy (non-hydrogen) atoms. The zero-order valence-corrected chi connectivity index (χ0v) is 12.3. The van der Waals surface area contributed by atoms with Crippen molar-refractivity contribution in [2.75, 3.05) is 11.9 Å². The maximum absolute atomic E-state index is 9.21. The number of hydrogen-bond donors (Lipinski definition) is 0. The Morgan fingerprint density at radius 1 is 1.50 bits per heavy atom. The zero-order chi connectivity index (χ0) is 13.0. The lowest BCUT2D eigenvalue weighted by Gasteiger charge is -2.19. The summed E-state index contributed by atoms with van der Waals surface area (Å²) in [5.41, 5.74) is 5.59. The lowest BCUT2D eigenvalue weighted by molar-refractivity contribution is 0.892. The number of halogens is 1. The first-order valence-corrected chi connectivity index (χ1v) is 7.48. The monoisotopic (exact) mass is 321 g/mol. The molecule has 0 aliphatic heterocycles. The molecule has 0 fully saturated rings. The van der Waals surface area contributed by atoms with Gasteiger partial charge in [-0.15, -0.1) is 11.3 Å². The molecule has 5 heteroatoms. The van der Waals surface area contributed by atoms with Gasteiger partial charge in [0.05, 0.1) is 29.0 Å². The Morgan fingerprint density at radius 3 is 2.94 bits per heavy atom. The van der Waals surface area contributed by atoms with E-state index in [1.807, 2.05) is 41.0 Å². The Bertz CT molecular complexity index is 560. The first-order valence-electron chi connectivity index (χ1n) is 5.41. The molecule has 0 atom stereocenters. The smallest absolute Gasteiger partial charge is 0.101 e. The molecule has 0 amide bonds. The summed E-state index contributed by atoms with van der Waals surface area (Å²) in [6.07, 6.45) is 0. The van der Waals surface area contributed by atoms with E-state index in [-0.39, 0.29) is 0 Å². The van der Waals surface area contributed by atoms with E-state index in [1.54, 1.807) is 11.3 Å². The number of alkyl halides is 1. The summed E-state index contributed by atoms with van der Waals surface area (Å²) in [5.74, 6) is 0. The third-order valence-corrected chi connectivity index (χ3v) is 3.91. The molecule has 1 aromatic carbocycles. The van der Waals surface area contributed by atoms with Crippen molar-refractivity contribution in [1.29, 1.82) is 5.26 Å². The summed E-state index contributed by atoms with van der Waals surface area (Å²) in [5, 5.41) is 12.0. The van der Waals surface area contributed by atoms with Gasteiger partial charge in [0, 0.05) is 17.8 Å². The fraction of sp³-hybridized carbons (Fsp3) is 0.231. The van der Waals surface area contributed by atoms with E-state index in [2.05, 4.69) is 27.0 Å². The average Bonchev–Trinajstić information content (AvgIpc) is 2.90. The molecule has 2 aromatic rings. The normalized spacial score (nSPS) is 10.1. The van der Waals surface area contributed by atoms with Crippen molar-refractivity contribution in [2.24, 2.45) is 0 Å². The van der Waals surface area contributed by atoms with Crippen LogP contribution in [0.15, 0.2) is 29.1 Å². The molecule has 0 saturated carbocycles.